The van der Waals surface area contributed by atoms with Crippen LogP contribution >= 0.6 is 34.5 Å². The molecule has 0 radical (unpaired) electrons. The van der Waals surface area contributed by atoms with Crippen molar-refractivity contribution < 1.29 is 0 Å². The predicted molar refractivity (Wildman–Crippen MR) is 74.6 cm³/mol. The number of hydrogen-bond acceptors (Lipinski definition) is 2. The van der Waals surface area contributed by atoms with Crippen molar-refractivity contribution in [1.82, 2.24) is 0 Å². The molecule has 0 aliphatic carbocycles. The van der Waals surface area contributed by atoms with Gasteiger partial charge >= 0.3 is 0 Å². The van der Waals surface area contributed by atoms with Gasteiger partial charge in [0.05, 0.1) is 8.67 Å². The highest BCUT2D eigenvalue weighted by Gasteiger charge is 2.13. The van der Waals surface area contributed by atoms with E-state index in [0.29, 0.717) is 0 Å². The van der Waals surface area contributed by atoms with Crippen molar-refractivity contribution in [3.8, 4) is 0 Å². The third kappa shape index (κ3) is 4.62. The SMILES string of the molecule is CCCCCCCC(N)c1cc(Cl)sc1Cl. The average Bonchev–Trinajstić information content (AvgIpc) is 2.57. The number of unbranched alkanes of at least 4 members (excludes halogenated alkanes) is 4. The van der Waals surface area contributed by atoms with Crippen LogP contribution in [-0.2, 0) is 0 Å². The Hall–Kier alpha value is 0.240. The van der Waals surface area contributed by atoms with Crippen molar-refractivity contribution in [2.24, 2.45) is 5.73 Å². The molecule has 1 atom stereocenters. The molecule has 0 fully saturated rings. The third-order valence-corrected chi connectivity index (χ3v) is 4.22. The van der Waals surface area contributed by atoms with Crippen LogP contribution in [0.2, 0.25) is 8.67 Å². The molecular weight excluding hydrogens is 261 g/mol. The van der Waals surface area contributed by atoms with Crippen molar-refractivity contribution in [3.63, 3.8) is 0 Å². The van der Waals surface area contributed by atoms with Gasteiger partial charge in [-0.25, -0.2) is 0 Å². The summed E-state index contributed by atoms with van der Waals surface area (Å²) in [5.41, 5.74) is 7.09. The van der Waals surface area contributed by atoms with Gasteiger partial charge in [-0.3, -0.25) is 0 Å². The van der Waals surface area contributed by atoms with E-state index < -0.39 is 0 Å². The van der Waals surface area contributed by atoms with Crippen molar-refractivity contribution in [1.29, 1.82) is 0 Å². The highest BCUT2D eigenvalue weighted by molar-refractivity contribution is 7.20. The highest BCUT2D eigenvalue weighted by Crippen LogP contribution is 2.35. The Kier molecular flexibility index (Phi) is 6.74. The molecule has 0 aliphatic heterocycles. The van der Waals surface area contributed by atoms with E-state index in [1.165, 1.54) is 43.4 Å². The molecule has 0 saturated heterocycles. The maximum atomic E-state index is 6.09. The van der Waals surface area contributed by atoms with Crippen LogP contribution in [0.4, 0.5) is 0 Å². The number of nitrogens with two attached hydrogens (primary N) is 1. The zero-order valence-electron chi connectivity index (χ0n) is 9.64. The molecule has 1 nitrogen and oxygen atoms in total. The minimum absolute atomic E-state index is 0.0397. The number of rotatable bonds is 7. The third-order valence-electron chi connectivity index (χ3n) is 2.70. The maximum absolute atomic E-state index is 6.09. The Morgan fingerprint density at radius 2 is 1.94 bits per heavy atom. The van der Waals surface area contributed by atoms with Crippen LogP contribution in [0.5, 0.6) is 0 Å². The van der Waals surface area contributed by atoms with Crippen LogP contribution in [0, 0.1) is 0 Å². The monoisotopic (exact) mass is 279 g/mol. The van der Waals surface area contributed by atoms with E-state index in [1.54, 1.807) is 0 Å². The maximum Gasteiger partial charge on any atom is 0.0991 e. The van der Waals surface area contributed by atoms with Crippen molar-refractivity contribution in [3.05, 3.63) is 20.3 Å². The molecule has 1 unspecified atom stereocenters. The molecule has 92 valence electrons. The normalized spacial score (nSPS) is 13.0. The smallest absolute Gasteiger partial charge is 0.0991 e. The van der Waals surface area contributed by atoms with E-state index in [2.05, 4.69) is 6.92 Å². The van der Waals surface area contributed by atoms with E-state index in [4.69, 9.17) is 28.9 Å². The molecular formula is C12H19Cl2NS. The molecule has 0 spiro atoms. The van der Waals surface area contributed by atoms with Crippen molar-refractivity contribution in [2.75, 3.05) is 0 Å². The van der Waals surface area contributed by atoms with Gasteiger partial charge in [-0.2, -0.15) is 0 Å². The van der Waals surface area contributed by atoms with E-state index in [-0.39, 0.29) is 6.04 Å². The molecule has 0 amide bonds. The van der Waals surface area contributed by atoms with Crippen molar-refractivity contribution in [2.45, 2.75) is 51.5 Å². The highest BCUT2D eigenvalue weighted by atomic mass is 35.5. The predicted octanol–water partition coefficient (Wildman–Crippen LogP) is 5.42. The minimum atomic E-state index is 0.0397. The van der Waals surface area contributed by atoms with E-state index in [0.717, 1.165) is 20.7 Å². The summed E-state index contributed by atoms with van der Waals surface area (Å²) in [5, 5.41) is 0. The summed E-state index contributed by atoms with van der Waals surface area (Å²) in [6, 6.07) is 1.93. The standard InChI is InChI=1S/C12H19Cl2NS/c1-2-3-4-5-6-7-10(15)9-8-11(13)16-12(9)14/h8,10H,2-7,15H2,1H3. The molecule has 1 aromatic heterocycles. The molecule has 4 heteroatoms. The first-order valence-corrected chi connectivity index (χ1v) is 7.42. The van der Waals surface area contributed by atoms with Crippen LogP contribution in [0.25, 0.3) is 0 Å². The largest absolute Gasteiger partial charge is 0.324 e. The summed E-state index contributed by atoms with van der Waals surface area (Å²) in [6.45, 7) is 2.22. The Labute approximate surface area is 112 Å². The first-order valence-electron chi connectivity index (χ1n) is 5.85. The molecule has 0 aliphatic rings. The average molecular weight is 280 g/mol. The fraction of sp³-hybridized carbons (Fsp3) is 0.667. The van der Waals surface area contributed by atoms with Crippen molar-refractivity contribution >= 4 is 34.5 Å². The Bertz CT molecular complexity index is 312. The summed E-state index contributed by atoms with van der Waals surface area (Å²) < 4.78 is 1.47. The zero-order valence-corrected chi connectivity index (χ0v) is 12.0. The molecule has 16 heavy (non-hydrogen) atoms. The summed E-state index contributed by atoms with van der Waals surface area (Å²) in [6.07, 6.45) is 7.33. The van der Waals surface area contributed by atoms with Gasteiger partial charge in [-0.1, -0.05) is 62.2 Å². The van der Waals surface area contributed by atoms with Gasteiger partial charge in [0.2, 0.25) is 0 Å². The first kappa shape index (κ1) is 14.3. The summed E-state index contributed by atoms with van der Waals surface area (Å²) in [5.74, 6) is 0. The minimum Gasteiger partial charge on any atom is -0.324 e. The van der Waals surface area contributed by atoms with E-state index >= 15 is 0 Å². The number of hydrogen-bond donors (Lipinski definition) is 1. The lowest BCUT2D eigenvalue weighted by atomic mass is 10.0. The lowest BCUT2D eigenvalue weighted by Crippen LogP contribution is -2.09. The van der Waals surface area contributed by atoms with Gasteiger partial charge in [0.25, 0.3) is 0 Å². The Morgan fingerprint density at radius 3 is 2.50 bits per heavy atom. The lowest BCUT2D eigenvalue weighted by Gasteiger charge is -2.10. The van der Waals surface area contributed by atoms with Crippen LogP contribution < -0.4 is 5.73 Å². The zero-order chi connectivity index (χ0) is 12.0. The fourth-order valence-corrected chi connectivity index (χ4v) is 3.33. The van der Waals surface area contributed by atoms with Gasteiger partial charge < -0.3 is 5.73 Å². The molecule has 1 heterocycles. The van der Waals surface area contributed by atoms with Gasteiger partial charge in [-0.05, 0) is 18.1 Å². The second-order valence-electron chi connectivity index (χ2n) is 4.09. The van der Waals surface area contributed by atoms with Crippen LogP contribution in [0.3, 0.4) is 0 Å². The molecule has 0 saturated carbocycles. The number of halogens is 2. The van der Waals surface area contributed by atoms with Crippen LogP contribution in [0.15, 0.2) is 6.07 Å². The Morgan fingerprint density at radius 1 is 1.25 bits per heavy atom. The second kappa shape index (κ2) is 7.54. The van der Waals surface area contributed by atoms with Crippen LogP contribution in [-0.4, -0.2) is 0 Å². The quantitative estimate of drug-likeness (QED) is 0.663. The molecule has 0 aromatic carbocycles. The van der Waals surface area contributed by atoms with Gasteiger partial charge in [0.15, 0.2) is 0 Å². The Balaban J connectivity index is 2.29. The number of thiophene rings is 1. The van der Waals surface area contributed by atoms with Gasteiger partial charge in [0, 0.05) is 6.04 Å². The topological polar surface area (TPSA) is 26.0 Å². The van der Waals surface area contributed by atoms with Gasteiger partial charge in [0.1, 0.15) is 0 Å². The molecule has 1 rings (SSSR count). The molecule has 0 bridgehead atoms. The summed E-state index contributed by atoms with van der Waals surface area (Å²) in [7, 11) is 0. The van der Waals surface area contributed by atoms with Gasteiger partial charge in [-0.15, -0.1) is 11.3 Å². The fourth-order valence-electron chi connectivity index (χ4n) is 1.73. The summed E-state index contributed by atoms with van der Waals surface area (Å²) in [4.78, 5) is 0. The first-order chi connectivity index (χ1) is 7.65. The van der Waals surface area contributed by atoms with E-state index in [9.17, 15) is 0 Å². The molecule has 2 N–H and O–H groups in total. The summed E-state index contributed by atoms with van der Waals surface area (Å²) >= 11 is 13.3. The van der Waals surface area contributed by atoms with Crippen LogP contribution in [0.1, 0.15) is 57.1 Å². The molecule has 1 aromatic rings. The lowest BCUT2D eigenvalue weighted by molar-refractivity contribution is 0.556. The van der Waals surface area contributed by atoms with E-state index in [1.807, 2.05) is 6.07 Å². The second-order valence-corrected chi connectivity index (χ2v) is 6.37.